The number of rotatable bonds is 2. The van der Waals surface area contributed by atoms with Crippen molar-refractivity contribution in [2.24, 2.45) is 5.73 Å². The van der Waals surface area contributed by atoms with Crippen LogP contribution < -0.4 is 5.73 Å². The monoisotopic (exact) mass is 249 g/mol. The highest BCUT2D eigenvalue weighted by Crippen LogP contribution is 2.21. The van der Waals surface area contributed by atoms with Crippen molar-refractivity contribution in [2.75, 3.05) is 0 Å². The lowest BCUT2D eigenvalue weighted by atomic mass is 10.1. The number of nitrogens with two attached hydrogens (primary N) is 1. The lowest BCUT2D eigenvalue weighted by Crippen LogP contribution is -2.15. The Kier molecular flexibility index (Phi) is 2.90. The average molecular weight is 250 g/mol. The number of nitrogens with zero attached hydrogens (tertiary/aromatic N) is 2. The second kappa shape index (κ2) is 4.22. The molecule has 0 aliphatic rings. The van der Waals surface area contributed by atoms with E-state index in [0.717, 1.165) is 11.4 Å². The number of aromatic nitrogens is 2. The maximum Gasteiger partial charge on any atom is 0.250 e. The van der Waals surface area contributed by atoms with Crippen molar-refractivity contribution >= 4 is 17.5 Å². The zero-order valence-corrected chi connectivity index (χ0v) is 10.3. The van der Waals surface area contributed by atoms with Crippen LogP contribution in [0.2, 0.25) is 5.02 Å². The Bertz CT molecular complexity index is 589. The van der Waals surface area contributed by atoms with E-state index in [0.29, 0.717) is 16.3 Å². The first-order valence-corrected chi connectivity index (χ1v) is 5.50. The number of carbonyl (C=O) groups excluding carboxylic acids is 1. The van der Waals surface area contributed by atoms with E-state index in [-0.39, 0.29) is 0 Å². The molecule has 0 unspecified atom stereocenters. The first-order chi connectivity index (χ1) is 7.99. The van der Waals surface area contributed by atoms with Gasteiger partial charge in [-0.15, -0.1) is 0 Å². The molecular weight excluding hydrogens is 238 g/mol. The van der Waals surface area contributed by atoms with Gasteiger partial charge in [0, 0.05) is 10.7 Å². The molecule has 5 heteroatoms. The van der Waals surface area contributed by atoms with Gasteiger partial charge in [-0.25, -0.2) is 4.68 Å². The molecule has 0 fully saturated rings. The molecule has 4 nitrogen and oxygen atoms in total. The molecule has 0 spiro atoms. The smallest absolute Gasteiger partial charge is 0.250 e. The molecule has 0 aliphatic heterocycles. The van der Waals surface area contributed by atoms with Crippen molar-refractivity contribution in [1.29, 1.82) is 0 Å². The fraction of sp³-hybridized carbons (Fsp3) is 0.167. The molecule has 0 saturated carbocycles. The molecule has 1 heterocycles. The third kappa shape index (κ3) is 2.17. The molecular formula is C12H12ClN3O. The molecule has 2 aromatic rings. The molecule has 0 radical (unpaired) electrons. The van der Waals surface area contributed by atoms with Crippen molar-refractivity contribution in [3.05, 3.63) is 46.2 Å². The summed E-state index contributed by atoms with van der Waals surface area (Å²) in [7, 11) is 0. The van der Waals surface area contributed by atoms with E-state index in [2.05, 4.69) is 5.10 Å². The average Bonchev–Trinajstić information content (AvgIpc) is 2.57. The van der Waals surface area contributed by atoms with Crippen LogP contribution in [0, 0.1) is 13.8 Å². The molecule has 1 amide bonds. The fourth-order valence-corrected chi connectivity index (χ4v) is 1.93. The third-order valence-corrected chi connectivity index (χ3v) is 2.70. The van der Waals surface area contributed by atoms with Crippen LogP contribution in [0.4, 0.5) is 0 Å². The molecule has 88 valence electrons. The Balaban J connectivity index is 2.69. The summed E-state index contributed by atoms with van der Waals surface area (Å²) in [6.07, 6.45) is 0. The first-order valence-electron chi connectivity index (χ1n) is 5.12. The topological polar surface area (TPSA) is 60.9 Å². The highest BCUT2D eigenvalue weighted by atomic mass is 35.5. The van der Waals surface area contributed by atoms with Crippen LogP contribution in [0.1, 0.15) is 21.7 Å². The lowest BCUT2D eigenvalue weighted by Gasteiger charge is -2.09. The minimum absolute atomic E-state index is 0.403. The Labute approximate surface area is 104 Å². The van der Waals surface area contributed by atoms with Gasteiger partial charge in [0.05, 0.1) is 16.9 Å². The normalized spacial score (nSPS) is 10.5. The highest BCUT2D eigenvalue weighted by Gasteiger charge is 2.13. The molecule has 1 aromatic carbocycles. The van der Waals surface area contributed by atoms with E-state index >= 15 is 0 Å². The summed E-state index contributed by atoms with van der Waals surface area (Å²) in [5, 5.41) is 4.85. The zero-order chi connectivity index (χ0) is 12.6. The van der Waals surface area contributed by atoms with Crippen LogP contribution in [-0.4, -0.2) is 15.7 Å². The van der Waals surface area contributed by atoms with E-state index in [4.69, 9.17) is 17.3 Å². The molecule has 0 saturated heterocycles. The number of carbonyl (C=O) groups is 1. The van der Waals surface area contributed by atoms with Gasteiger partial charge in [0.1, 0.15) is 0 Å². The Hall–Kier alpha value is -1.81. The molecule has 2 rings (SSSR count). The van der Waals surface area contributed by atoms with Gasteiger partial charge in [-0.1, -0.05) is 11.6 Å². The predicted octanol–water partition coefficient (Wildman–Crippen LogP) is 2.24. The first kappa shape index (κ1) is 11.7. The number of benzene rings is 1. The van der Waals surface area contributed by atoms with E-state index < -0.39 is 5.91 Å². The van der Waals surface area contributed by atoms with Crippen LogP contribution in [0.5, 0.6) is 0 Å². The van der Waals surface area contributed by atoms with Crippen LogP contribution in [0.25, 0.3) is 5.69 Å². The standard InChI is InChI=1S/C12H12ClN3O/c1-7-5-8(2)16(15-7)11-6-9(13)3-4-10(11)12(14)17/h3-6H,1-2H3,(H2,14,17). The summed E-state index contributed by atoms with van der Waals surface area (Å²) in [5.41, 5.74) is 8.14. The number of halogens is 1. The van der Waals surface area contributed by atoms with Gasteiger partial charge in [0.2, 0.25) is 0 Å². The highest BCUT2D eigenvalue weighted by molar-refractivity contribution is 6.31. The van der Waals surface area contributed by atoms with Crippen LogP contribution in [-0.2, 0) is 0 Å². The van der Waals surface area contributed by atoms with Gasteiger partial charge in [-0.05, 0) is 38.1 Å². The largest absolute Gasteiger partial charge is 0.366 e. The molecule has 17 heavy (non-hydrogen) atoms. The molecule has 2 N–H and O–H groups in total. The van der Waals surface area contributed by atoms with Crippen molar-refractivity contribution in [3.63, 3.8) is 0 Å². The SMILES string of the molecule is Cc1cc(C)n(-c2cc(Cl)ccc2C(N)=O)n1. The summed E-state index contributed by atoms with van der Waals surface area (Å²) < 4.78 is 1.67. The number of hydrogen-bond donors (Lipinski definition) is 1. The zero-order valence-electron chi connectivity index (χ0n) is 9.57. The summed E-state index contributed by atoms with van der Waals surface area (Å²) >= 11 is 5.94. The Morgan fingerprint density at radius 3 is 2.59 bits per heavy atom. The molecule has 0 atom stereocenters. The number of aryl methyl sites for hydroxylation is 2. The van der Waals surface area contributed by atoms with Crippen molar-refractivity contribution in [3.8, 4) is 5.69 Å². The lowest BCUT2D eigenvalue weighted by molar-refractivity contribution is 0.1000. The van der Waals surface area contributed by atoms with Gasteiger partial charge >= 0.3 is 0 Å². The minimum Gasteiger partial charge on any atom is -0.366 e. The second-order valence-electron chi connectivity index (χ2n) is 3.86. The maximum atomic E-state index is 11.4. The van der Waals surface area contributed by atoms with Gasteiger partial charge < -0.3 is 5.73 Å². The fourth-order valence-electron chi connectivity index (χ4n) is 1.76. The van der Waals surface area contributed by atoms with Gasteiger partial charge in [0.15, 0.2) is 0 Å². The van der Waals surface area contributed by atoms with Crippen LogP contribution >= 0.6 is 11.6 Å². The quantitative estimate of drug-likeness (QED) is 0.887. The van der Waals surface area contributed by atoms with E-state index in [1.165, 1.54) is 0 Å². The molecule has 0 bridgehead atoms. The van der Waals surface area contributed by atoms with Gasteiger partial charge in [0.25, 0.3) is 5.91 Å². The molecule has 0 aliphatic carbocycles. The van der Waals surface area contributed by atoms with Crippen molar-refractivity contribution in [2.45, 2.75) is 13.8 Å². The summed E-state index contributed by atoms with van der Waals surface area (Å²) in [4.78, 5) is 11.4. The van der Waals surface area contributed by atoms with Crippen molar-refractivity contribution < 1.29 is 4.79 Å². The number of primary amides is 1. The minimum atomic E-state index is -0.496. The van der Waals surface area contributed by atoms with Crippen LogP contribution in [0.3, 0.4) is 0 Å². The number of amides is 1. The van der Waals surface area contributed by atoms with Gasteiger partial charge in [-0.3, -0.25) is 4.79 Å². The Morgan fingerprint density at radius 2 is 2.06 bits per heavy atom. The van der Waals surface area contributed by atoms with E-state index in [1.54, 1.807) is 22.9 Å². The van der Waals surface area contributed by atoms with E-state index in [1.807, 2.05) is 19.9 Å². The van der Waals surface area contributed by atoms with E-state index in [9.17, 15) is 4.79 Å². The Morgan fingerprint density at radius 1 is 1.35 bits per heavy atom. The predicted molar refractivity (Wildman–Crippen MR) is 66.6 cm³/mol. The maximum absolute atomic E-state index is 11.4. The van der Waals surface area contributed by atoms with Crippen molar-refractivity contribution in [1.82, 2.24) is 9.78 Å². The summed E-state index contributed by atoms with van der Waals surface area (Å²) in [6.45, 7) is 3.80. The second-order valence-corrected chi connectivity index (χ2v) is 4.30. The third-order valence-electron chi connectivity index (χ3n) is 2.46. The molecule has 1 aromatic heterocycles. The summed E-state index contributed by atoms with van der Waals surface area (Å²) in [6, 6.07) is 6.85. The van der Waals surface area contributed by atoms with Crippen LogP contribution in [0.15, 0.2) is 24.3 Å². The number of hydrogen-bond acceptors (Lipinski definition) is 2. The van der Waals surface area contributed by atoms with Gasteiger partial charge in [-0.2, -0.15) is 5.10 Å². The summed E-state index contributed by atoms with van der Waals surface area (Å²) in [5.74, 6) is -0.496.